The first kappa shape index (κ1) is 15.2. The third-order valence-electron chi connectivity index (χ3n) is 3.76. The lowest BCUT2D eigenvalue weighted by atomic mass is 9.98. The number of furan rings is 1. The zero-order valence-electron chi connectivity index (χ0n) is 12.5. The fraction of sp³-hybridized carbons (Fsp3) is 0.538. The molecule has 0 amide bonds. The van der Waals surface area contributed by atoms with Gasteiger partial charge in [-0.15, -0.1) is 10.2 Å². The molecule has 1 saturated heterocycles. The fourth-order valence-corrected chi connectivity index (χ4v) is 3.60. The molecule has 0 atom stereocenters. The summed E-state index contributed by atoms with van der Waals surface area (Å²) in [7, 11) is -0.277. The molecule has 2 aromatic rings. The Morgan fingerprint density at radius 2 is 2.00 bits per heavy atom. The van der Waals surface area contributed by atoms with Crippen LogP contribution in [0.15, 0.2) is 27.2 Å². The van der Waals surface area contributed by atoms with Crippen LogP contribution in [-0.4, -0.2) is 54.4 Å². The van der Waals surface area contributed by atoms with Gasteiger partial charge in [0, 0.05) is 33.1 Å². The van der Waals surface area contributed by atoms with E-state index in [1.54, 1.807) is 18.4 Å². The Morgan fingerprint density at radius 1 is 1.27 bits per heavy atom. The zero-order chi connectivity index (χ0) is 15.7. The van der Waals surface area contributed by atoms with Gasteiger partial charge in [-0.2, -0.15) is 17.0 Å². The van der Waals surface area contributed by atoms with Crippen molar-refractivity contribution in [1.82, 2.24) is 18.8 Å². The minimum atomic E-state index is -3.35. The van der Waals surface area contributed by atoms with Crippen LogP contribution in [0.4, 0.5) is 0 Å². The summed E-state index contributed by atoms with van der Waals surface area (Å²) < 4.78 is 37.7. The standard InChI is InChI=1S/C13H18N4O4S/c1-16(2)22(18,19)17-7-5-10(6-8-17)12-14-15-13(21-12)11-4-3-9-20-11/h3-4,9-10H,5-8H2,1-2H3. The molecular formula is C13H18N4O4S. The van der Waals surface area contributed by atoms with Crippen LogP contribution in [0.1, 0.15) is 24.7 Å². The quantitative estimate of drug-likeness (QED) is 0.841. The van der Waals surface area contributed by atoms with Crippen molar-refractivity contribution < 1.29 is 17.3 Å². The number of nitrogens with zero attached hydrogens (tertiary/aromatic N) is 4. The van der Waals surface area contributed by atoms with E-state index in [0.717, 1.165) is 0 Å². The first-order chi connectivity index (χ1) is 10.5. The number of hydrogen-bond acceptors (Lipinski definition) is 6. The van der Waals surface area contributed by atoms with Crippen molar-refractivity contribution >= 4 is 10.2 Å². The van der Waals surface area contributed by atoms with E-state index in [0.29, 0.717) is 43.5 Å². The summed E-state index contributed by atoms with van der Waals surface area (Å²) in [4.78, 5) is 0. The maximum absolute atomic E-state index is 12.1. The molecule has 0 aliphatic carbocycles. The van der Waals surface area contributed by atoms with Gasteiger partial charge in [-0.1, -0.05) is 0 Å². The molecule has 3 heterocycles. The van der Waals surface area contributed by atoms with Crippen LogP contribution >= 0.6 is 0 Å². The second-order valence-electron chi connectivity index (χ2n) is 5.39. The van der Waals surface area contributed by atoms with E-state index in [4.69, 9.17) is 8.83 Å². The van der Waals surface area contributed by atoms with E-state index in [9.17, 15) is 8.42 Å². The van der Waals surface area contributed by atoms with Gasteiger partial charge in [0.25, 0.3) is 16.1 Å². The molecule has 120 valence electrons. The molecular weight excluding hydrogens is 308 g/mol. The molecule has 0 spiro atoms. The summed E-state index contributed by atoms with van der Waals surface area (Å²) in [5, 5.41) is 8.04. The van der Waals surface area contributed by atoms with Gasteiger partial charge in [-0.3, -0.25) is 0 Å². The summed E-state index contributed by atoms with van der Waals surface area (Å²) in [6.07, 6.45) is 2.86. The van der Waals surface area contributed by atoms with Gasteiger partial charge in [-0.05, 0) is 25.0 Å². The van der Waals surface area contributed by atoms with Crippen LogP contribution in [0.2, 0.25) is 0 Å². The fourth-order valence-electron chi connectivity index (χ4n) is 2.46. The van der Waals surface area contributed by atoms with Gasteiger partial charge in [0.05, 0.1) is 6.26 Å². The van der Waals surface area contributed by atoms with E-state index >= 15 is 0 Å². The molecule has 0 bridgehead atoms. The normalized spacial score (nSPS) is 18.1. The van der Waals surface area contributed by atoms with Crippen LogP contribution < -0.4 is 0 Å². The van der Waals surface area contributed by atoms with E-state index in [2.05, 4.69) is 10.2 Å². The van der Waals surface area contributed by atoms with E-state index in [1.807, 2.05) is 0 Å². The van der Waals surface area contributed by atoms with Gasteiger partial charge in [0.2, 0.25) is 5.89 Å². The van der Waals surface area contributed by atoms with E-state index in [1.165, 1.54) is 22.7 Å². The van der Waals surface area contributed by atoms with Crippen LogP contribution in [0.3, 0.4) is 0 Å². The number of aromatic nitrogens is 2. The summed E-state index contributed by atoms with van der Waals surface area (Å²) in [6.45, 7) is 0.896. The molecule has 9 heteroatoms. The largest absolute Gasteiger partial charge is 0.459 e. The lowest BCUT2D eigenvalue weighted by molar-refractivity contribution is 0.279. The average Bonchev–Trinajstić information content (AvgIpc) is 3.18. The van der Waals surface area contributed by atoms with Gasteiger partial charge in [0.1, 0.15) is 0 Å². The Labute approximate surface area is 128 Å². The highest BCUT2D eigenvalue weighted by atomic mass is 32.2. The maximum atomic E-state index is 12.1. The third-order valence-corrected chi connectivity index (χ3v) is 5.70. The molecule has 0 N–H and O–H groups in total. The zero-order valence-corrected chi connectivity index (χ0v) is 13.3. The molecule has 0 radical (unpaired) electrons. The highest BCUT2D eigenvalue weighted by molar-refractivity contribution is 7.86. The second kappa shape index (κ2) is 5.82. The van der Waals surface area contributed by atoms with E-state index < -0.39 is 10.2 Å². The van der Waals surface area contributed by atoms with Crippen LogP contribution in [0.25, 0.3) is 11.7 Å². The first-order valence-corrected chi connectivity index (χ1v) is 8.43. The summed E-state index contributed by atoms with van der Waals surface area (Å²) in [5.41, 5.74) is 0. The van der Waals surface area contributed by atoms with Crippen molar-refractivity contribution in [2.75, 3.05) is 27.2 Å². The van der Waals surface area contributed by atoms with Crippen molar-refractivity contribution in [1.29, 1.82) is 0 Å². The van der Waals surface area contributed by atoms with Gasteiger partial charge >= 0.3 is 0 Å². The van der Waals surface area contributed by atoms with Crippen LogP contribution in [0, 0.1) is 0 Å². The number of piperidine rings is 1. The highest BCUT2D eigenvalue weighted by Crippen LogP contribution is 2.30. The predicted molar refractivity (Wildman–Crippen MR) is 78.2 cm³/mol. The van der Waals surface area contributed by atoms with Crippen molar-refractivity contribution in [2.24, 2.45) is 0 Å². The Hall–Kier alpha value is -1.71. The highest BCUT2D eigenvalue weighted by Gasteiger charge is 2.32. The van der Waals surface area contributed by atoms with Gasteiger partial charge < -0.3 is 8.83 Å². The smallest absolute Gasteiger partial charge is 0.283 e. The summed E-state index contributed by atoms with van der Waals surface area (Å²) in [5.74, 6) is 1.49. The van der Waals surface area contributed by atoms with Crippen LogP contribution in [-0.2, 0) is 10.2 Å². The molecule has 1 aliphatic heterocycles. The second-order valence-corrected chi connectivity index (χ2v) is 7.53. The molecule has 0 saturated carbocycles. The summed E-state index contributed by atoms with van der Waals surface area (Å²) in [6, 6.07) is 3.51. The van der Waals surface area contributed by atoms with Crippen LogP contribution in [0.5, 0.6) is 0 Å². The molecule has 0 aromatic carbocycles. The average molecular weight is 326 g/mol. The summed E-state index contributed by atoms with van der Waals surface area (Å²) >= 11 is 0. The minimum Gasteiger partial charge on any atom is -0.459 e. The Kier molecular flexibility index (Phi) is 4.02. The lowest BCUT2D eigenvalue weighted by Gasteiger charge is -2.31. The molecule has 2 aromatic heterocycles. The topological polar surface area (TPSA) is 92.7 Å². The SMILES string of the molecule is CN(C)S(=O)(=O)N1CCC(c2nnc(-c3ccco3)o2)CC1. The maximum Gasteiger partial charge on any atom is 0.283 e. The first-order valence-electron chi connectivity index (χ1n) is 7.03. The molecule has 3 rings (SSSR count). The number of hydrogen-bond donors (Lipinski definition) is 0. The van der Waals surface area contributed by atoms with Crippen molar-refractivity contribution in [2.45, 2.75) is 18.8 Å². The lowest BCUT2D eigenvalue weighted by Crippen LogP contribution is -2.44. The Morgan fingerprint density at radius 3 is 2.59 bits per heavy atom. The van der Waals surface area contributed by atoms with Crippen molar-refractivity contribution in [3.8, 4) is 11.7 Å². The van der Waals surface area contributed by atoms with Gasteiger partial charge in [0.15, 0.2) is 5.76 Å². The Bertz CT molecular complexity index is 715. The third kappa shape index (κ3) is 2.79. The molecule has 1 aliphatic rings. The van der Waals surface area contributed by atoms with E-state index in [-0.39, 0.29) is 5.92 Å². The molecule has 22 heavy (non-hydrogen) atoms. The van der Waals surface area contributed by atoms with Gasteiger partial charge in [-0.25, -0.2) is 0 Å². The Balaban J connectivity index is 1.67. The number of rotatable bonds is 4. The van der Waals surface area contributed by atoms with Crippen molar-refractivity contribution in [3.63, 3.8) is 0 Å². The predicted octanol–water partition coefficient (Wildman–Crippen LogP) is 1.32. The molecule has 8 nitrogen and oxygen atoms in total. The minimum absolute atomic E-state index is 0.0739. The van der Waals surface area contributed by atoms with Crippen molar-refractivity contribution in [3.05, 3.63) is 24.3 Å². The molecule has 0 unspecified atom stereocenters. The molecule has 1 fully saturated rings. The monoisotopic (exact) mass is 326 g/mol.